The molecule has 2 rings (SSSR count). The molecule has 0 aromatic heterocycles. The Hall–Kier alpha value is -1.80. The van der Waals surface area contributed by atoms with Gasteiger partial charge in [-0.1, -0.05) is 25.4 Å². The van der Waals surface area contributed by atoms with E-state index >= 15 is 0 Å². The highest BCUT2D eigenvalue weighted by Gasteiger charge is 2.33. The van der Waals surface area contributed by atoms with E-state index in [0.29, 0.717) is 26.2 Å². The molecule has 2 amide bonds. The summed E-state index contributed by atoms with van der Waals surface area (Å²) in [6, 6.07) is 3.25. The van der Waals surface area contributed by atoms with E-state index in [-0.39, 0.29) is 24.1 Å². The first-order valence-electron chi connectivity index (χ1n) is 8.25. The largest absolute Gasteiger partial charge is 0.417 e. The van der Waals surface area contributed by atoms with E-state index in [0.717, 1.165) is 12.1 Å². The molecule has 1 aliphatic heterocycles. The summed E-state index contributed by atoms with van der Waals surface area (Å²) in [4.78, 5) is 27.7. The maximum Gasteiger partial charge on any atom is 0.417 e. The van der Waals surface area contributed by atoms with Crippen LogP contribution in [0.15, 0.2) is 18.2 Å². The van der Waals surface area contributed by atoms with Gasteiger partial charge in [0.25, 0.3) is 0 Å². The topological polar surface area (TPSA) is 52.7 Å². The molecule has 1 aromatic rings. The second-order valence-electron chi connectivity index (χ2n) is 6.50. The fourth-order valence-corrected chi connectivity index (χ4v) is 2.94. The van der Waals surface area contributed by atoms with Crippen LogP contribution in [0.25, 0.3) is 0 Å². The standard InChI is InChI=1S/C17H21ClF3N3O2/c1-11(2)16(26)24-7-5-23(6-8-24)10-15(25)22-12-3-4-14(18)13(9-12)17(19,20)21/h3-4,9,11H,5-8,10H2,1-2H3,(H,22,25). The van der Waals surface area contributed by atoms with E-state index in [4.69, 9.17) is 11.6 Å². The molecule has 1 heterocycles. The molecule has 0 unspecified atom stereocenters. The van der Waals surface area contributed by atoms with Gasteiger partial charge in [-0.05, 0) is 18.2 Å². The third-order valence-electron chi connectivity index (χ3n) is 4.10. The normalized spacial score (nSPS) is 16.0. The number of benzene rings is 1. The number of carbonyl (C=O) groups is 2. The van der Waals surface area contributed by atoms with Crippen LogP contribution in [0.5, 0.6) is 0 Å². The van der Waals surface area contributed by atoms with Gasteiger partial charge in [-0.3, -0.25) is 14.5 Å². The second-order valence-corrected chi connectivity index (χ2v) is 6.90. The zero-order valence-corrected chi connectivity index (χ0v) is 15.3. The van der Waals surface area contributed by atoms with Crippen LogP contribution in [0.2, 0.25) is 5.02 Å². The third kappa shape index (κ3) is 5.35. The van der Waals surface area contributed by atoms with E-state index in [1.165, 1.54) is 6.07 Å². The molecule has 0 atom stereocenters. The monoisotopic (exact) mass is 391 g/mol. The number of hydrogen-bond acceptors (Lipinski definition) is 3. The third-order valence-corrected chi connectivity index (χ3v) is 4.43. The van der Waals surface area contributed by atoms with Gasteiger partial charge >= 0.3 is 6.18 Å². The van der Waals surface area contributed by atoms with Crippen LogP contribution in [0.3, 0.4) is 0 Å². The molecular weight excluding hydrogens is 371 g/mol. The van der Waals surface area contributed by atoms with Gasteiger partial charge < -0.3 is 10.2 Å². The van der Waals surface area contributed by atoms with Gasteiger partial charge in [-0.25, -0.2) is 0 Å². The highest BCUT2D eigenvalue weighted by atomic mass is 35.5. The highest BCUT2D eigenvalue weighted by molar-refractivity contribution is 6.31. The lowest BCUT2D eigenvalue weighted by molar-refractivity contribution is -0.138. The maximum atomic E-state index is 12.9. The Bertz CT molecular complexity index is 672. The van der Waals surface area contributed by atoms with Crippen molar-refractivity contribution in [2.75, 3.05) is 38.0 Å². The van der Waals surface area contributed by atoms with Gasteiger partial charge in [-0.15, -0.1) is 0 Å². The lowest BCUT2D eigenvalue weighted by atomic mass is 10.1. The molecule has 1 aliphatic rings. The number of nitrogens with zero attached hydrogens (tertiary/aromatic N) is 2. The summed E-state index contributed by atoms with van der Waals surface area (Å²) < 4.78 is 38.6. The average molecular weight is 392 g/mol. The number of halogens is 4. The van der Waals surface area contributed by atoms with Crippen LogP contribution in [0.1, 0.15) is 19.4 Å². The van der Waals surface area contributed by atoms with Crippen molar-refractivity contribution >= 4 is 29.1 Å². The number of piperazine rings is 1. The first kappa shape index (κ1) is 20.5. The fraction of sp³-hybridized carbons (Fsp3) is 0.529. The average Bonchev–Trinajstić information content (AvgIpc) is 2.55. The number of rotatable bonds is 4. The fourth-order valence-electron chi connectivity index (χ4n) is 2.72. The lowest BCUT2D eigenvalue weighted by Gasteiger charge is -2.35. The highest BCUT2D eigenvalue weighted by Crippen LogP contribution is 2.36. The SMILES string of the molecule is CC(C)C(=O)N1CCN(CC(=O)Nc2ccc(Cl)c(C(F)(F)F)c2)CC1. The zero-order valence-electron chi connectivity index (χ0n) is 14.6. The number of anilines is 1. The van der Waals surface area contributed by atoms with Crippen LogP contribution in [0.4, 0.5) is 18.9 Å². The van der Waals surface area contributed by atoms with Crippen LogP contribution in [0, 0.1) is 5.92 Å². The van der Waals surface area contributed by atoms with E-state index in [2.05, 4.69) is 5.32 Å². The summed E-state index contributed by atoms with van der Waals surface area (Å²) in [5.41, 5.74) is -0.946. The summed E-state index contributed by atoms with van der Waals surface area (Å²) in [6.07, 6.45) is -4.59. The van der Waals surface area contributed by atoms with Crippen molar-refractivity contribution in [3.63, 3.8) is 0 Å². The van der Waals surface area contributed by atoms with Gasteiger partial charge in [0.2, 0.25) is 11.8 Å². The summed E-state index contributed by atoms with van der Waals surface area (Å²) >= 11 is 5.56. The Balaban J connectivity index is 1.89. The minimum atomic E-state index is -4.59. The minimum Gasteiger partial charge on any atom is -0.340 e. The Morgan fingerprint density at radius 1 is 1.19 bits per heavy atom. The van der Waals surface area contributed by atoms with Crippen molar-refractivity contribution < 1.29 is 22.8 Å². The van der Waals surface area contributed by atoms with Crippen molar-refractivity contribution in [2.45, 2.75) is 20.0 Å². The molecule has 1 N–H and O–H groups in total. The van der Waals surface area contributed by atoms with Crippen LogP contribution in [-0.4, -0.2) is 54.3 Å². The minimum absolute atomic E-state index is 0.0420. The summed E-state index contributed by atoms with van der Waals surface area (Å²) in [5, 5.41) is 2.05. The molecule has 1 aromatic carbocycles. The molecule has 0 bridgehead atoms. The summed E-state index contributed by atoms with van der Waals surface area (Å²) in [6.45, 7) is 5.87. The molecule has 0 spiro atoms. The second kappa shape index (κ2) is 8.26. The first-order valence-corrected chi connectivity index (χ1v) is 8.63. The number of amides is 2. The van der Waals surface area contributed by atoms with Crippen LogP contribution < -0.4 is 5.32 Å². The lowest BCUT2D eigenvalue weighted by Crippen LogP contribution is -2.51. The molecule has 1 saturated heterocycles. The number of alkyl halides is 3. The molecule has 0 aliphatic carbocycles. The first-order chi connectivity index (χ1) is 12.1. The number of hydrogen-bond donors (Lipinski definition) is 1. The van der Waals surface area contributed by atoms with Gasteiger partial charge in [-0.2, -0.15) is 13.2 Å². The summed E-state index contributed by atoms with van der Waals surface area (Å²) in [5.74, 6) is -0.406. The maximum absolute atomic E-state index is 12.9. The Morgan fingerprint density at radius 2 is 1.81 bits per heavy atom. The number of nitrogens with one attached hydrogen (secondary N) is 1. The number of carbonyl (C=O) groups excluding carboxylic acids is 2. The van der Waals surface area contributed by atoms with Crippen molar-refractivity contribution in [2.24, 2.45) is 5.92 Å². The van der Waals surface area contributed by atoms with Gasteiger partial charge in [0.05, 0.1) is 17.1 Å². The molecule has 9 heteroatoms. The molecule has 0 saturated carbocycles. The van der Waals surface area contributed by atoms with Crippen LogP contribution >= 0.6 is 11.6 Å². The van der Waals surface area contributed by atoms with Crippen molar-refractivity contribution in [1.29, 1.82) is 0 Å². The predicted molar refractivity (Wildman–Crippen MR) is 92.9 cm³/mol. The Morgan fingerprint density at radius 3 is 2.35 bits per heavy atom. The van der Waals surface area contributed by atoms with Crippen molar-refractivity contribution in [1.82, 2.24) is 9.80 Å². The Kier molecular flexibility index (Phi) is 6.52. The predicted octanol–water partition coefficient (Wildman–Crippen LogP) is 3.10. The van der Waals surface area contributed by atoms with E-state index in [1.807, 2.05) is 18.7 Å². The zero-order chi connectivity index (χ0) is 19.5. The van der Waals surface area contributed by atoms with E-state index in [1.54, 1.807) is 4.90 Å². The molecular formula is C17H21ClF3N3O2. The molecule has 26 heavy (non-hydrogen) atoms. The Labute approximate surface area is 155 Å². The molecule has 1 fully saturated rings. The van der Waals surface area contributed by atoms with Crippen molar-refractivity contribution in [3.05, 3.63) is 28.8 Å². The molecule has 0 radical (unpaired) electrons. The smallest absolute Gasteiger partial charge is 0.340 e. The molecule has 5 nitrogen and oxygen atoms in total. The van der Waals surface area contributed by atoms with Gasteiger partial charge in [0.15, 0.2) is 0 Å². The van der Waals surface area contributed by atoms with E-state index in [9.17, 15) is 22.8 Å². The summed E-state index contributed by atoms with van der Waals surface area (Å²) in [7, 11) is 0. The van der Waals surface area contributed by atoms with Crippen LogP contribution in [-0.2, 0) is 15.8 Å². The quantitative estimate of drug-likeness (QED) is 0.858. The van der Waals surface area contributed by atoms with Crippen molar-refractivity contribution in [3.8, 4) is 0 Å². The van der Waals surface area contributed by atoms with Gasteiger partial charge in [0, 0.05) is 37.8 Å². The molecule has 144 valence electrons. The van der Waals surface area contributed by atoms with Gasteiger partial charge in [0.1, 0.15) is 0 Å². The van der Waals surface area contributed by atoms with E-state index < -0.39 is 22.7 Å².